The van der Waals surface area contributed by atoms with E-state index in [0.29, 0.717) is 28.4 Å². The van der Waals surface area contributed by atoms with E-state index in [1.807, 2.05) is 31.2 Å². The number of anilines is 2. The van der Waals surface area contributed by atoms with Crippen molar-refractivity contribution in [3.05, 3.63) is 66.2 Å². The van der Waals surface area contributed by atoms with E-state index < -0.39 is 0 Å². The van der Waals surface area contributed by atoms with E-state index in [0.717, 1.165) is 16.9 Å². The molecule has 4 heterocycles. The zero-order valence-electron chi connectivity index (χ0n) is 15.1. The zero-order valence-corrected chi connectivity index (χ0v) is 15.9. The van der Waals surface area contributed by atoms with Crippen LogP contribution in [0.1, 0.15) is 5.56 Å². The van der Waals surface area contributed by atoms with Crippen LogP contribution in [0.2, 0.25) is 5.28 Å². The Morgan fingerprint density at radius 1 is 1.07 bits per heavy atom. The normalized spacial score (nSPS) is 11.1. The number of aryl methyl sites for hydroxylation is 1. The third-order valence-electron chi connectivity index (χ3n) is 4.24. The maximum absolute atomic E-state index is 5.97. The molecule has 0 aliphatic rings. The summed E-state index contributed by atoms with van der Waals surface area (Å²) in [6.45, 7) is 1.96. The van der Waals surface area contributed by atoms with Gasteiger partial charge in [0.1, 0.15) is 23.1 Å². The van der Waals surface area contributed by atoms with Crippen molar-refractivity contribution in [1.29, 1.82) is 0 Å². The Kier molecular flexibility index (Phi) is 4.14. The molecule has 0 bridgehead atoms. The van der Waals surface area contributed by atoms with Gasteiger partial charge in [0.2, 0.25) is 5.28 Å². The van der Waals surface area contributed by atoms with Crippen molar-refractivity contribution in [2.75, 3.05) is 5.32 Å². The summed E-state index contributed by atoms with van der Waals surface area (Å²) in [6.07, 6.45) is 8.12. The van der Waals surface area contributed by atoms with Crippen molar-refractivity contribution in [1.82, 2.24) is 34.5 Å². The van der Waals surface area contributed by atoms with Gasteiger partial charge in [0.15, 0.2) is 17.2 Å². The Labute approximate surface area is 169 Å². The number of benzene rings is 1. The molecule has 29 heavy (non-hydrogen) atoms. The summed E-state index contributed by atoms with van der Waals surface area (Å²) in [6, 6.07) is 7.54. The minimum Gasteiger partial charge on any atom is -0.455 e. The van der Waals surface area contributed by atoms with Crippen LogP contribution in [-0.2, 0) is 0 Å². The molecule has 0 amide bonds. The lowest BCUT2D eigenvalue weighted by molar-refractivity contribution is 0.475. The second kappa shape index (κ2) is 6.95. The van der Waals surface area contributed by atoms with Gasteiger partial charge in [-0.05, 0) is 42.3 Å². The van der Waals surface area contributed by atoms with E-state index in [2.05, 4.69) is 35.3 Å². The number of hydrogen-bond donors (Lipinski definition) is 1. The summed E-state index contributed by atoms with van der Waals surface area (Å²) in [5.41, 5.74) is 3.63. The van der Waals surface area contributed by atoms with Gasteiger partial charge in [-0.2, -0.15) is 5.10 Å². The Hall–Kier alpha value is -3.85. The summed E-state index contributed by atoms with van der Waals surface area (Å²) >= 11 is 5.91. The fraction of sp³-hybridized carbons (Fsp3) is 0.0526. The van der Waals surface area contributed by atoms with Crippen LogP contribution in [0, 0.1) is 6.92 Å². The topological polar surface area (TPSA) is 103 Å². The largest absolute Gasteiger partial charge is 0.455 e. The van der Waals surface area contributed by atoms with E-state index in [9.17, 15) is 0 Å². The highest BCUT2D eigenvalue weighted by Crippen LogP contribution is 2.29. The molecule has 1 N–H and O–H groups in total. The minimum absolute atomic E-state index is 0.137. The number of rotatable bonds is 4. The number of ether oxygens (including phenoxy) is 1. The van der Waals surface area contributed by atoms with E-state index in [-0.39, 0.29) is 5.28 Å². The minimum atomic E-state index is 0.137. The van der Waals surface area contributed by atoms with E-state index >= 15 is 0 Å². The summed E-state index contributed by atoms with van der Waals surface area (Å²) in [5.74, 6) is 1.87. The van der Waals surface area contributed by atoms with Gasteiger partial charge >= 0.3 is 0 Å². The van der Waals surface area contributed by atoms with E-state index in [1.165, 1.54) is 6.33 Å². The number of fused-ring (bicyclic) bond motifs is 2. The van der Waals surface area contributed by atoms with Gasteiger partial charge in [0, 0.05) is 24.1 Å². The quantitative estimate of drug-likeness (QED) is 0.449. The van der Waals surface area contributed by atoms with Crippen LogP contribution >= 0.6 is 11.6 Å². The highest BCUT2D eigenvalue weighted by atomic mass is 35.5. The Bertz CT molecular complexity index is 1350. The van der Waals surface area contributed by atoms with Crippen molar-refractivity contribution >= 4 is 39.8 Å². The molecular weight excluding hydrogens is 392 g/mol. The maximum Gasteiger partial charge on any atom is 0.223 e. The highest BCUT2D eigenvalue weighted by Gasteiger charge is 2.09. The standard InChI is InChI=1S/C19H13ClN8O/c1-11-6-12(26-18-17-14(23-10-24-18)9-22-19(20)27-17)2-3-15(11)29-13-7-16-21-4-5-28(16)25-8-13/h2-10H,1H3,(H,23,24,26). The lowest BCUT2D eigenvalue weighted by Crippen LogP contribution is -1.99. The van der Waals surface area contributed by atoms with Gasteiger partial charge in [-0.25, -0.2) is 29.4 Å². The first-order valence-electron chi connectivity index (χ1n) is 8.64. The summed E-state index contributed by atoms with van der Waals surface area (Å²) in [7, 11) is 0. The molecule has 142 valence electrons. The maximum atomic E-state index is 5.97. The van der Waals surface area contributed by atoms with Crippen LogP contribution < -0.4 is 10.1 Å². The zero-order chi connectivity index (χ0) is 19.8. The van der Waals surface area contributed by atoms with E-state index in [4.69, 9.17) is 16.3 Å². The number of halogens is 1. The summed E-state index contributed by atoms with van der Waals surface area (Å²) in [5, 5.41) is 7.64. The van der Waals surface area contributed by atoms with Crippen molar-refractivity contribution in [3.63, 3.8) is 0 Å². The molecule has 5 rings (SSSR count). The van der Waals surface area contributed by atoms with Crippen LogP contribution in [0.25, 0.3) is 16.7 Å². The Morgan fingerprint density at radius 2 is 2.00 bits per heavy atom. The number of imidazole rings is 1. The van der Waals surface area contributed by atoms with Crippen LogP contribution in [0.15, 0.2) is 55.4 Å². The van der Waals surface area contributed by atoms with Crippen molar-refractivity contribution in [2.24, 2.45) is 0 Å². The molecule has 0 aliphatic carbocycles. The van der Waals surface area contributed by atoms with Gasteiger partial charge in [0.05, 0.1) is 12.4 Å². The molecular formula is C19H13ClN8O. The number of nitrogens with zero attached hydrogens (tertiary/aromatic N) is 7. The second-order valence-electron chi connectivity index (χ2n) is 6.22. The van der Waals surface area contributed by atoms with Crippen molar-refractivity contribution in [2.45, 2.75) is 6.92 Å². The monoisotopic (exact) mass is 404 g/mol. The second-order valence-corrected chi connectivity index (χ2v) is 6.56. The van der Waals surface area contributed by atoms with Gasteiger partial charge in [0.25, 0.3) is 0 Å². The van der Waals surface area contributed by atoms with Crippen LogP contribution in [0.3, 0.4) is 0 Å². The Morgan fingerprint density at radius 3 is 2.90 bits per heavy atom. The third kappa shape index (κ3) is 3.39. The van der Waals surface area contributed by atoms with Gasteiger partial charge < -0.3 is 10.1 Å². The molecule has 0 spiro atoms. The predicted octanol–water partition coefficient (Wildman–Crippen LogP) is 3.96. The number of aromatic nitrogens is 7. The van der Waals surface area contributed by atoms with Gasteiger partial charge in [-0.15, -0.1) is 0 Å². The molecule has 0 saturated heterocycles. The molecule has 10 heteroatoms. The number of nitrogens with one attached hydrogen (secondary N) is 1. The van der Waals surface area contributed by atoms with Crippen LogP contribution in [0.4, 0.5) is 11.5 Å². The molecule has 0 fully saturated rings. The first-order chi connectivity index (χ1) is 14.2. The van der Waals surface area contributed by atoms with Crippen LogP contribution in [-0.4, -0.2) is 34.5 Å². The predicted molar refractivity (Wildman–Crippen MR) is 108 cm³/mol. The molecule has 4 aromatic heterocycles. The molecule has 0 saturated carbocycles. The Balaban J connectivity index is 1.42. The fourth-order valence-electron chi connectivity index (χ4n) is 2.88. The molecule has 0 radical (unpaired) electrons. The van der Waals surface area contributed by atoms with Crippen molar-refractivity contribution in [3.8, 4) is 11.5 Å². The lowest BCUT2D eigenvalue weighted by atomic mass is 10.2. The molecule has 0 aliphatic heterocycles. The van der Waals surface area contributed by atoms with Crippen LogP contribution in [0.5, 0.6) is 11.5 Å². The fourth-order valence-corrected chi connectivity index (χ4v) is 3.01. The smallest absolute Gasteiger partial charge is 0.223 e. The molecule has 5 aromatic rings. The first-order valence-corrected chi connectivity index (χ1v) is 9.02. The SMILES string of the molecule is Cc1cc(Nc2ncnc3cnc(Cl)nc23)ccc1Oc1cnn2ccnc2c1. The van der Waals surface area contributed by atoms with E-state index in [1.54, 1.807) is 29.3 Å². The van der Waals surface area contributed by atoms with Gasteiger partial charge in [-0.3, -0.25) is 0 Å². The summed E-state index contributed by atoms with van der Waals surface area (Å²) < 4.78 is 7.65. The molecule has 0 unspecified atom stereocenters. The number of hydrogen-bond acceptors (Lipinski definition) is 8. The third-order valence-corrected chi connectivity index (χ3v) is 4.43. The first kappa shape index (κ1) is 17.3. The van der Waals surface area contributed by atoms with Gasteiger partial charge in [-0.1, -0.05) is 0 Å². The van der Waals surface area contributed by atoms with Crippen molar-refractivity contribution < 1.29 is 4.74 Å². The summed E-state index contributed by atoms with van der Waals surface area (Å²) in [4.78, 5) is 20.8. The average molecular weight is 405 g/mol. The molecule has 0 atom stereocenters. The highest BCUT2D eigenvalue weighted by molar-refractivity contribution is 6.28. The molecule has 9 nitrogen and oxygen atoms in total. The average Bonchev–Trinajstić information content (AvgIpc) is 3.18. The lowest BCUT2D eigenvalue weighted by Gasteiger charge is -2.12. The molecule has 1 aromatic carbocycles.